The summed E-state index contributed by atoms with van der Waals surface area (Å²) in [5.74, 6) is 2.20. The van der Waals surface area contributed by atoms with Gasteiger partial charge in [0.25, 0.3) is 0 Å². The van der Waals surface area contributed by atoms with Crippen LogP contribution in [0.2, 0.25) is 0 Å². The number of amides is 2. The van der Waals surface area contributed by atoms with Crippen LogP contribution >= 0.6 is 0 Å². The molecule has 0 atom stereocenters. The van der Waals surface area contributed by atoms with E-state index < -0.39 is 0 Å². The van der Waals surface area contributed by atoms with E-state index in [-0.39, 0.29) is 11.6 Å². The van der Waals surface area contributed by atoms with Crippen LogP contribution in [0.15, 0.2) is 42.5 Å². The molecule has 208 valence electrons. The molecule has 1 aromatic heterocycles. The normalized spacial score (nSPS) is 17.6. The van der Waals surface area contributed by atoms with Crippen LogP contribution < -0.4 is 25.8 Å². The lowest BCUT2D eigenvalue weighted by Crippen LogP contribution is -2.63. The first-order chi connectivity index (χ1) is 19.0. The predicted octanol–water partition coefficient (Wildman–Crippen LogP) is 2.72. The molecule has 5 rings (SSSR count). The Morgan fingerprint density at radius 3 is 2.41 bits per heavy atom. The quantitative estimate of drug-likeness (QED) is 0.399. The number of morpholine rings is 1. The van der Waals surface area contributed by atoms with E-state index in [0.717, 1.165) is 56.8 Å². The molecule has 2 aromatic carbocycles. The van der Waals surface area contributed by atoms with Crippen molar-refractivity contribution in [2.45, 2.75) is 24.9 Å². The third-order valence-corrected chi connectivity index (χ3v) is 7.70. The summed E-state index contributed by atoms with van der Waals surface area (Å²) in [7, 11) is 3.18. The lowest BCUT2D eigenvalue weighted by atomic mass is 9.85. The number of likely N-dealkylation sites (tertiary alicyclic amines) is 1. The fraction of sp³-hybridized carbons (Fsp3) is 0.464. The molecule has 2 aliphatic rings. The van der Waals surface area contributed by atoms with Gasteiger partial charge >= 0.3 is 6.03 Å². The zero-order chi connectivity index (χ0) is 27.2. The lowest BCUT2D eigenvalue weighted by molar-refractivity contribution is -0.0427. The monoisotopic (exact) mass is 535 g/mol. The number of nitrogens with one attached hydrogen (secondary N) is 2. The van der Waals surface area contributed by atoms with Gasteiger partial charge in [-0.1, -0.05) is 18.2 Å². The number of urea groups is 1. The second-order valence-corrected chi connectivity index (χ2v) is 9.96. The Bertz CT molecular complexity index is 1280. The number of para-hydroxylation sites is 1. The Morgan fingerprint density at radius 2 is 1.72 bits per heavy atom. The highest BCUT2D eigenvalue weighted by atomic mass is 16.5. The highest BCUT2D eigenvalue weighted by molar-refractivity contribution is 5.91. The van der Waals surface area contributed by atoms with E-state index in [1.807, 2.05) is 41.3 Å². The van der Waals surface area contributed by atoms with Crippen molar-refractivity contribution in [2.75, 3.05) is 71.2 Å². The number of hydrogen-bond acceptors (Lipinski definition) is 9. The van der Waals surface area contributed by atoms with Gasteiger partial charge in [-0.2, -0.15) is 0 Å². The zero-order valence-corrected chi connectivity index (χ0v) is 22.6. The Kier molecular flexibility index (Phi) is 8.30. The van der Waals surface area contributed by atoms with Crippen LogP contribution in [0.1, 0.15) is 18.7 Å². The van der Waals surface area contributed by atoms with Crippen LogP contribution in [-0.2, 0) is 11.3 Å². The fourth-order valence-electron chi connectivity index (χ4n) is 5.51. The summed E-state index contributed by atoms with van der Waals surface area (Å²) in [6, 6.07) is 13.1. The predicted molar refractivity (Wildman–Crippen MR) is 150 cm³/mol. The largest absolute Gasteiger partial charge is 0.493 e. The lowest BCUT2D eigenvalue weighted by Gasteiger charge is -2.50. The first-order valence-corrected chi connectivity index (χ1v) is 13.3. The number of nitrogen functional groups attached to an aromatic ring is 1. The van der Waals surface area contributed by atoms with Crippen molar-refractivity contribution in [3.05, 3.63) is 48.3 Å². The van der Waals surface area contributed by atoms with Crippen LogP contribution in [0, 0.1) is 0 Å². The smallest absolute Gasteiger partial charge is 0.321 e. The van der Waals surface area contributed by atoms with Gasteiger partial charge in [0.1, 0.15) is 11.6 Å². The molecule has 0 aliphatic carbocycles. The van der Waals surface area contributed by atoms with E-state index in [1.165, 1.54) is 0 Å². The van der Waals surface area contributed by atoms with Crippen LogP contribution in [0.25, 0.3) is 10.9 Å². The molecule has 3 heterocycles. The van der Waals surface area contributed by atoms with Crippen LogP contribution in [-0.4, -0.2) is 91.5 Å². The number of nitrogens with two attached hydrogens (primary N) is 1. The minimum absolute atomic E-state index is 0.0585. The van der Waals surface area contributed by atoms with Gasteiger partial charge in [0.2, 0.25) is 0 Å². The topological polar surface area (TPSA) is 127 Å². The number of anilines is 2. The molecule has 3 aromatic rings. The zero-order valence-electron chi connectivity index (χ0n) is 22.6. The first kappa shape index (κ1) is 26.9. The third kappa shape index (κ3) is 6.00. The van der Waals surface area contributed by atoms with Crippen molar-refractivity contribution >= 4 is 28.4 Å². The summed E-state index contributed by atoms with van der Waals surface area (Å²) in [6.45, 7) is 5.76. The third-order valence-electron chi connectivity index (χ3n) is 7.70. The van der Waals surface area contributed by atoms with Gasteiger partial charge in [-0.25, -0.2) is 14.8 Å². The van der Waals surface area contributed by atoms with Gasteiger partial charge in [0, 0.05) is 55.4 Å². The number of aromatic nitrogens is 2. The molecular formula is C28H37N7O4. The highest BCUT2D eigenvalue weighted by Gasteiger charge is 2.41. The number of rotatable bonds is 8. The van der Waals surface area contributed by atoms with Gasteiger partial charge in [0.15, 0.2) is 11.5 Å². The minimum Gasteiger partial charge on any atom is -0.493 e. The summed E-state index contributed by atoms with van der Waals surface area (Å²) < 4.78 is 16.5. The maximum Gasteiger partial charge on any atom is 0.321 e. The average Bonchev–Trinajstić information content (AvgIpc) is 2.98. The number of ether oxygens (including phenoxy) is 3. The van der Waals surface area contributed by atoms with Crippen LogP contribution in [0.3, 0.4) is 0 Å². The van der Waals surface area contributed by atoms with E-state index in [1.54, 1.807) is 20.3 Å². The summed E-state index contributed by atoms with van der Waals surface area (Å²) in [5.41, 5.74) is 7.71. The molecule has 0 radical (unpaired) electrons. The van der Waals surface area contributed by atoms with Crippen molar-refractivity contribution in [2.24, 2.45) is 0 Å². The van der Waals surface area contributed by atoms with E-state index in [0.29, 0.717) is 48.3 Å². The molecule has 2 aliphatic heterocycles. The summed E-state index contributed by atoms with van der Waals surface area (Å²) in [4.78, 5) is 26.6. The number of carbonyl (C=O) groups excluding carboxylic acids is 1. The second-order valence-electron chi connectivity index (χ2n) is 9.96. The van der Waals surface area contributed by atoms with Crippen molar-refractivity contribution < 1.29 is 19.0 Å². The summed E-state index contributed by atoms with van der Waals surface area (Å²) in [5, 5.41) is 7.33. The maximum absolute atomic E-state index is 12.9. The molecule has 2 amide bonds. The Labute approximate surface area is 228 Å². The summed E-state index contributed by atoms with van der Waals surface area (Å²) in [6.07, 6.45) is 1.72. The average molecular weight is 536 g/mol. The Morgan fingerprint density at radius 1 is 1.03 bits per heavy atom. The molecule has 11 nitrogen and oxygen atoms in total. The van der Waals surface area contributed by atoms with Crippen molar-refractivity contribution in [3.8, 4) is 11.5 Å². The van der Waals surface area contributed by atoms with Crippen LogP contribution in [0.5, 0.6) is 11.5 Å². The van der Waals surface area contributed by atoms with Gasteiger partial charge in [-0.05, 0) is 31.0 Å². The number of methoxy groups -OCH3 is 2. The standard InChI is InChI=1S/C28H37N7O4/c1-37-23-16-21-22(17-24(23)38-2)32-25(33-26(21)29)18-30-19-28(35-12-14-39-15-13-35)8-10-34(11-9-28)27(36)31-20-6-4-3-5-7-20/h3-7,16-17,30H,8-15,18-19H2,1-2H3,(H,31,36)(H2,29,32,33). The summed E-state index contributed by atoms with van der Waals surface area (Å²) >= 11 is 0. The minimum atomic E-state index is -0.0910. The fourth-order valence-corrected chi connectivity index (χ4v) is 5.51. The number of piperidine rings is 1. The Balaban J connectivity index is 1.26. The molecule has 39 heavy (non-hydrogen) atoms. The highest BCUT2D eigenvalue weighted by Crippen LogP contribution is 2.33. The molecule has 0 saturated carbocycles. The van der Waals surface area contributed by atoms with Gasteiger partial charge in [-0.3, -0.25) is 4.90 Å². The van der Waals surface area contributed by atoms with E-state index in [4.69, 9.17) is 24.9 Å². The van der Waals surface area contributed by atoms with Gasteiger partial charge < -0.3 is 35.5 Å². The molecule has 2 saturated heterocycles. The molecule has 2 fully saturated rings. The number of fused-ring (bicyclic) bond motifs is 1. The molecular weight excluding hydrogens is 498 g/mol. The van der Waals surface area contributed by atoms with Gasteiger partial charge in [0.05, 0.1) is 39.5 Å². The molecule has 4 N–H and O–H groups in total. The van der Waals surface area contributed by atoms with Crippen LogP contribution in [0.4, 0.5) is 16.3 Å². The van der Waals surface area contributed by atoms with E-state index >= 15 is 0 Å². The number of carbonyl (C=O) groups is 1. The van der Waals surface area contributed by atoms with E-state index in [9.17, 15) is 4.79 Å². The first-order valence-electron chi connectivity index (χ1n) is 13.3. The SMILES string of the molecule is COc1cc2nc(CNCC3(N4CCOCC4)CCN(C(=O)Nc4ccccc4)CC3)nc(N)c2cc1OC. The molecule has 0 spiro atoms. The molecule has 0 unspecified atom stereocenters. The van der Waals surface area contributed by atoms with Crippen molar-refractivity contribution in [1.29, 1.82) is 0 Å². The van der Waals surface area contributed by atoms with Gasteiger partial charge in [-0.15, -0.1) is 0 Å². The van der Waals surface area contributed by atoms with E-state index in [2.05, 4.69) is 20.5 Å². The van der Waals surface area contributed by atoms with Crippen molar-refractivity contribution in [3.63, 3.8) is 0 Å². The maximum atomic E-state index is 12.9. The number of hydrogen-bond donors (Lipinski definition) is 3. The molecule has 11 heteroatoms. The Hall–Kier alpha value is -3.67. The van der Waals surface area contributed by atoms with Crippen molar-refractivity contribution in [1.82, 2.24) is 25.1 Å². The number of benzene rings is 2. The number of nitrogens with zero attached hydrogens (tertiary/aromatic N) is 4. The molecule has 0 bridgehead atoms. The second kappa shape index (κ2) is 12.0.